The van der Waals surface area contributed by atoms with Crippen LogP contribution in [0, 0.1) is 0 Å². The molecule has 1 aromatic carbocycles. The molecule has 1 saturated heterocycles. The van der Waals surface area contributed by atoms with E-state index in [1.165, 1.54) is 11.0 Å². The number of carboxylic acid groups (broad SMARTS) is 1. The third-order valence-electron chi connectivity index (χ3n) is 3.35. The number of nitrogens with one attached hydrogen (secondary N) is 1. The Morgan fingerprint density at radius 1 is 1.33 bits per heavy atom. The zero-order valence-electron chi connectivity index (χ0n) is 11.3. The molecule has 0 saturated carbocycles. The van der Waals surface area contributed by atoms with E-state index in [2.05, 4.69) is 5.32 Å². The van der Waals surface area contributed by atoms with E-state index in [-0.39, 0.29) is 24.6 Å². The second kappa shape index (κ2) is 6.25. The number of hydrogen-bond donors (Lipinski definition) is 3. The van der Waals surface area contributed by atoms with E-state index < -0.39 is 24.3 Å². The summed E-state index contributed by atoms with van der Waals surface area (Å²) in [6.45, 7) is 0.553. The maximum atomic E-state index is 12.3. The first-order chi connectivity index (χ1) is 9.99. The predicted octanol–water partition coefficient (Wildman–Crippen LogP) is -0.264. The normalized spacial score (nSPS) is 18.2. The molecule has 1 aliphatic rings. The Morgan fingerprint density at radius 2 is 2.05 bits per heavy atom. The number of phenols is 1. The Bertz CT molecular complexity index is 572. The van der Waals surface area contributed by atoms with E-state index in [0.29, 0.717) is 12.1 Å². The standard InChI is InChI=1S/C14H16N2O5/c17-11-4-2-1-3-9(11)7-12(18)16-6-5-15-14(21)10(16)8-13(19)20/h1-4,10,17H,5-8H2,(H,15,21)(H,19,20). The Balaban J connectivity index is 2.14. The van der Waals surface area contributed by atoms with E-state index in [4.69, 9.17) is 5.11 Å². The highest BCUT2D eigenvalue weighted by molar-refractivity contribution is 5.92. The highest BCUT2D eigenvalue weighted by Crippen LogP contribution is 2.18. The topological polar surface area (TPSA) is 107 Å². The van der Waals surface area contributed by atoms with Crippen LogP contribution in [0.3, 0.4) is 0 Å². The molecular weight excluding hydrogens is 276 g/mol. The highest BCUT2D eigenvalue weighted by Gasteiger charge is 2.34. The molecule has 1 aromatic rings. The van der Waals surface area contributed by atoms with E-state index in [1.54, 1.807) is 18.2 Å². The minimum atomic E-state index is -1.14. The molecule has 0 spiro atoms. The SMILES string of the molecule is O=C(O)CC1C(=O)NCCN1C(=O)Cc1ccccc1O. The quantitative estimate of drug-likeness (QED) is 0.708. The number of amides is 2. The van der Waals surface area contributed by atoms with Gasteiger partial charge in [-0.05, 0) is 6.07 Å². The van der Waals surface area contributed by atoms with Gasteiger partial charge in [0.15, 0.2) is 0 Å². The maximum Gasteiger partial charge on any atom is 0.305 e. The van der Waals surface area contributed by atoms with Crippen molar-refractivity contribution in [3.8, 4) is 5.75 Å². The monoisotopic (exact) mass is 292 g/mol. The molecule has 112 valence electrons. The van der Waals surface area contributed by atoms with Crippen molar-refractivity contribution in [2.45, 2.75) is 18.9 Å². The molecule has 21 heavy (non-hydrogen) atoms. The lowest BCUT2D eigenvalue weighted by atomic mass is 10.1. The number of carboxylic acids is 1. The Labute approximate surface area is 121 Å². The molecule has 2 amide bonds. The number of phenolic OH excluding ortho intramolecular Hbond substituents is 1. The van der Waals surface area contributed by atoms with Gasteiger partial charge in [0, 0.05) is 18.7 Å². The predicted molar refractivity (Wildman–Crippen MR) is 72.6 cm³/mol. The van der Waals surface area contributed by atoms with Gasteiger partial charge in [-0.3, -0.25) is 14.4 Å². The van der Waals surface area contributed by atoms with Gasteiger partial charge >= 0.3 is 5.97 Å². The number of nitrogens with zero attached hydrogens (tertiary/aromatic N) is 1. The number of carbonyl (C=O) groups is 3. The molecule has 1 heterocycles. The number of para-hydroxylation sites is 1. The summed E-state index contributed by atoms with van der Waals surface area (Å²) >= 11 is 0. The van der Waals surface area contributed by atoms with Gasteiger partial charge < -0.3 is 20.4 Å². The number of aromatic hydroxyl groups is 1. The van der Waals surface area contributed by atoms with Crippen LogP contribution in [0.5, 0.6) is 5.75 Å². The summed E-state index contributed by atoms with van der Waals surface area (Å²) in [6, 6.07) is 5.42. The fourth-order valence-electron chi connectivity index (χ4n) is 2.31. The van der Waals surface area contributed by atoms with Gasteiger partial charge in [0.1, 0.15) is 11.8 Å². The molecule has 0 radical (unpaired) electrons. The molecule has 0 aliphatic carbocycles. The second-order valence-corrected chi connectivity index (χ2v) is 4.80. The van der Waals surface area contributed by atoms with E-state index >= 15 is 0 Å². The largest absolute Gasteiger partial charge is 0.508 e. The van der Waals surface area contributed by atoms with Crippen molar-refractivity contribution in [3.63, 3.8) is 0 Å². The molecule has 1 aliphatic heterocycles. The van der Waals surface area contributed by atoms with Gasteiger partial charge in [-0.2, -0.15) is 0 Å². The number of rotatable bonds is 4. The molecule has 7 heteroatoms. The van der Waals surface area contributed by atoms with Crippen LogP contribution in [0.15, 0.2) is 24.3 Å². The van der Waals surface area contributed by atoms with Crippen LogP contribution in [0.2, 0.25) is 0 Å². The van der Waals surface area contributed by atoms with Gasteiger partial charge in [-0.1, -0.05) is 18.2 Å². The number of aliphatic carboxylic acids is 1. The Hall–Kier alpha value is -2.57. The molecule has 0 bridgehead atoms. The van der Waals surface area contributed by atoms with Gasteiger partial charge in [0.2, 0.25) is 11.8 Å². The Kier molecular flexibility index (Phi) is 4.42. The van der Waals surface area contributed by atoms with Crippen LogP contribution in [0.1, 0.15) is 12.0 Å². The molecule has 3 N–H and O–H groups in total. The average Bonchev–Trinajstić information content (AvgIpc) is 2.43. The van der Waals surface area contributed by atoms with Gasteiger partial charge in [0.05, 0.1) is 12.8 Å². The van der Waals surface area contributed by atoms with Crippen molar-refractivity contribution in [3.05, 3.63) is 29.8 Å². The minimum Gasteiger partial charge on any atom is -0.508 e. The summed E-state index contributed by atoms with van der Waals surface area (Å²) in [4.78, 5) is 36.1. The molecular formula is C14H16N2O5. The van der Waals surface area contributed by atoms with Crippen molar-refractivity contribution in [1.82, 2.24) is 10.2 Å². The number of carbonyl (C=O) groups excluding carboxylic acids is 2. The lowest BCUT2D eigenvalue weighted by molar-refractivity contribution is -0.148. The molecule has 1 unspecified atom stereocenters. The molecule has 7 nitrogen and oxygen atoms in total. The van der Waals surface area contributed by atoms with Gasteiger partial charge in [-0.15, -0.1) is 0 Å². The van der Waals surface area contributed by atoms with E-state index in [0.717, 1.165) is 0 Å². The number of piperazine rings is 1. The maximum absolute atomic E-state index is 12.3. The van der Waals surface area contributed by atoms with Gasteiger partial charge in [-0.25, -0.2) is 0 Å². The van der Waals surface area contributed by atoms with Crippen LogP contribution in [-0.2, 0) is 20.8 Å². The van der Waals surface area contributed by atoms with Crippen molar-refractivity contribution >= 4 is 17.8 Å². The molecule has 2 rings (SSSR count). The van der Waals surface area contributed by atoms with Crippen molar-refractivity contribution in [2.75, 3.05) is 13.1 Å². The number of hydrogen-bond acceptors (Lipinski definition) is 4. The first kappa shape index (κ1) is 14.8. The summed E-state index contributed by atoms with van der Waals surface area (Å²) in [5.74, 6) is -1.98. The third kappa shape index (κ3) is 3.50. The lowest BCUT2D eigenvalue weighted by Crippen LogP contribution is -2.58. The van der Waals surface area contributed by atoms with Crippen molar-refractivity contribution in [2.24, 2.45) is 0 Å². The van der Waals surface area contributed by atoms with Crippen LogP contribution in [0.25, 0.3) is 0 Å². The summed E-state index contributed by atoms with van der Waals surface area (Å²) in [6.07, 6.45) is -0.506. The third-order valence-corrected chi connectivity index (χ3v) is 3.35. The minimum absolute atomic E-state index is 0.00194. The summed E-state index contributed by atoms with van der Waals surface area (Å²) in [5, 5.41) is 21.1. The van der Waals surface area contributed by atoms with Crippen LogP contribution in [-0.4, -0.2) is 52.0 Å². The van der Waals surface area contributed by atoms with Crippen molar-refractivity contribution in [1.29, 1.82) is 0 Å². The summed E-state index contributed by atoms with van der Waals surface area (Å²) in [7, 11) is 0. The average molecular weight is 292 g/mol. The van der Waals surface area contributed by atoms with E-state index in [9.17, 15) is 19.5 Å². The van der Waals surface area contributed by atoms with Crippen molar-refractivity contribution < 1.29 is 24.6 Å². The van der Waals surface area contributed by atoms with Crippen LogP contribution < -0.4 is 5.32 Å². The second-order valence-electron chi connectivity index (χ2n) is 4.80. The first-order valence-corrected chi connectivity index (χ1v) is 6.55. The van der Waals surface area contributed by atoms with E-state index in [1.807, 2.05) is 0 Å². The zero-order valence-corrected chi connectivity index (χ0v) is 11.3. The van der Waals surface area contributed by atoms with Gasteiger partial charge in [0.25, 0.3) is 0 Å². The van der Waals surface area contributed by atoms with Crippen LogP contribution >= 0.6 is 0 Å². The first-order valence-electron chi connectivity index (χ1n) is 6.55. The molecule has 0 aromatic heterocycles. The molecule has 1 fully saturated rings. The highest BCUT2D eigenvalue weighted by atomic mass is 16.4. The Morgan fingerprint density at radius 3 is 2.71 bits per heavy atom. The fourth-order valence-corrected chi connectivity index (χ4v) is 2.31. The summed E-state index contributed by atoms with van der Waals surface area (Å²) < 4.78 is 0. The van der Waals surface area contributed by atoms with Crippen LogP contribution in [0.4, 0.5) is 0 Å². The zero-order chi connectivity index (χ0) is 15.4. The summed E-state index contributed by atoms with van der Waals surface area (Å²) in [5.41, 5.74) is 0.447. The number of benzene rings is 1. The molecule has 1 atom stereocenters. The lowest BCUT2D eigenvalue weighted by Gasteiger charge is -2.34. The smallest absolute Gasteiger partial charge is 0.305 e. The fraction of sp³-hybridized carbons (Fsp3) is 0.357.